The number of nitrogens with one attached hydrogen (secondary N) is 2. The number of hydrogen-bond donors (Lipinski definition) is 2. The van der Waals surface area contributed by atoms with Crippen molar-refractivity contribution < 1.29 is 9.90 Å². The van der Waals surface area contributed by atoms with Crippen LogP contribution in [0.5, 0.6) is 0 Å². The van der Waals surface area contributed by atoms with Crippen LogP contribution in [0.2, 0.25) is 0 Å². The van der Waals surface area contributed by atoms with Gasteiger partial charge in [0.05, 0.1) is 6.61 Å². The molecule has 0 bridgehead atoms. The third kappa shape index (κ3) is 3.57. The summed E-state index contributed by atoms with van der Waals surface area (Å²) >= 11 is 0. The van der Waals surface area contributed by atoms with Crippen LogP contribution >= 0.6 is 0 Å². The summed E-state index contributed by atoms with van der Waals surface area (Å²) in [6.07, 6.45) is 0. The Hall–Kier alpha value is -1.55. The van der Waals surface area contributed by atoms with Crippen molar-refractivity contribution in [1.82, 2.24) is 5.32 Å². The molecule has 0 heterocycles. The van der Waals surface area contributed by atoms with Crippen LogP contribution in [0.3, 0.4) is 0 Å². The molecule has 0 spiro atoms. The molecule has 1 aromatic carbocycles. The zero-order valence-corrected chi connectivity index (χ0v) is 7.12. The van der Waals surface area contributed by atoms with Crippen molar-refractivity contribution >= 4 is 11.7 Å². The summed E-state index contributed by atoms with van der Waals surface area (Å²) in [5.74, 6) is 0. The molecule has 0 aliphatic rings. The minimum absolute atomic E-state index is 0.151. The van der Waals surface area contributed by atoms with Crippen molar-refractivity contribution in [3.63, 3.8) is 0 Å². The standard InChI is InChI=1S/C9H11N2O2/c12-7-6-10-9(13)11-8-4-2-1-3-5-8/h1-5H,6-7H2,(H2,10,11,13). The Bertz CT molecular complexity index is 262. The van der Waals surface area contributed by atoms with Crippen LogP contribution in [0.1, 0.15) is 0 Å². The van der Waals surface area contributed by atoms with E-state index in [1.54, 1.807) is 12.1 Å². The Balaban J connectivity index is 2.37. The van der Waals surface area contributed by atoms with Crippen LogP contribution in [0.15, 0.2) is 30.3 Å². The second-order valence-corrected chi connectivity index (χ2v) is 2.45. The maximum atomic E-state index is 11.0. The minimum atomic E-state index is -0.345. The van der Waals surface area contributed by atoms with Crippen LogP contribution in [0.25, 0.3) is 0 Å². The maximum Gasteiger partial charge on any atom is 0.319 e. The number of para-hydroxylation sites is 1. The molecule has 69 valence electrons. The molecule has 0 fully saturated rings. The first-order valence-electron chi connectivity index (χ1n) is 4.01. The number of amides is 2. The van der Waals surface area contributed by atoms with Gasteiger partial charge in [-0.25, -0.2) is 9.90 Å². The molecule has 0 unspecified atom stereocenters. The van der Waals surface area contributed by atoms with E-state index in [-0.39, 0.29) is 19.2 Å². The lowest BCUT2D eigenvalue weighted by molar-refractivity contribution is 0.193. The molecule has 0 atom stereocenters. The second-order valence-electron chi connectivity index (χ2n) is 2.45. The predicted octanol–water partition coefficient (Wildman–Crippen LogP) is 1.24. The van der Waals surface area contributed by atoms with Crippen molar-refractivity contribution in [3.05, 3.63) is 30.3 Å². The molecule has 0 aliphatic carbocycles. The lowest BCUT2D eigenvalue weighted by atomic mass is 10.3. The molecule has 2 amide bonds. The highest BCUT2D eigenvalue weighted by Gasteiger charge is 1.98. The summed E-state index contributed by atoms with van der Waals surface area (Å²) in [6, 6.07) is 8.71. The van der Waals surface area contributed by atoms with Crippen LogP contribution in [0.4, 0.5) is 10.5 Å². The predicted molar refractivity (Wildman–Crippen MR) is 49.0 cm³/mol. The van der Waals surface area contributed by atoms with E-state index < -0.39 is 0 Å². The maximum absolute atomic E-state index is 11.0. The Morgan fingerprint density at radius 1 is 1.23 bits per heavy atom. The normalized spacial score (nSPS) is 9.31. The fourth-order valence-corrected chi connectivity index (χ4v) is 0.861. The fourth-order valence-electron chi connectivity index (χ4n) is 0.861. The third-order valence-electron chi connectivity index (χ3n) is 1.42. The molecule has 0 saturated heterocycles. The van der Waals surface area contributed by atoms with Gasteiger partial charge in [-0.1, -0.05) is 18.2 Å². The number of carbonyl (C=O) groups excluding carboxylic acids is 1. The van der Waals surface area contributed by atoms with Crippen LogP contribution in [-0.4, -0.2) is 19.2 Å². The van der Waals surface area contributed by atoms with Crippen LogP contribution in [-0.2, 0) is 5.11 Å². The Morgan fingerprint density at radius 3 is 2.54 bits per heavy atom. The molecular weight excluding hydrogens is 168 g/mol. The van der Waals surface area contributed by atoms with Crippen molar-refractivity contribution in [3.8, 4) is 0 Å². The Kier molecular flexibility index (Phi) is 3.78. The summed E-state index contributed by atoms with van der Waals surface area (Å²) < 4.78 is 0. The van der Waals surface area contributed by atoms with Gasteiger partial charge < -0.3 is 10.6 Å². The lowest BCUT2D eigenvalue weighted by Gasteiger charge is -2.04. The van der Waals surface area contributed by atoms with Gasteiger partial charge in [0.1, 0.15) is 0 Å². The van der Waals surface area contributed by atoms with E-state index in [9.17, 15) is 9.90 Å². The number of rotatable bonds is 3. The first-order valence-corrected chi connectivity index (χ1v) is 4.01. The molecule has 1 aromatic rings. The van der Waals surface area contributed by atoms with Gasteiger partial charge in [-0.05, 0) is 12.1 Å². The van der Waals surface area contributed by atoms with Crippen molar-refractivity contribution in [2.45, 2.75) is 0 Å². The minimum Gasteiger partial charge on any atom is -0.335 e. The summed E-state index contributed by atoms with van der Waals surface area (Å²) in [5, 5.41) is 15.1. The molecule has 0 saturated carbocycles. The zero-order chi connectivity index (χ0) is 9.52. The number of anilines is 1. The zero-order valence-electron chi connectivity index (χ0n) is 7.12. The van der Waals surface area contributed by atoms with E-state index in [0.717, 1.165) is 0 Å². The number of hydrogen-bond acceptors (Lipinski definition) is 1. The highest BCUT2D eigenvalue weighted by molar-refractivity contribution is 5.89. The lowest BCUT2D eigenvalue weighted by Crippen LogP contribution is -2.30. The van der Waals surface area contributed by atoms with E-state index in [2.05, 4.69) is 10.6 Å². The molecule has 4 heteroatoms. The summed E-state index contributed by atoms with van der Waals surface area (Å²) in [4.78, 5) is 11.0. The average molecular weight is 179 g/mol. The van der Waals surface area contributed by atoms with Gasteiger partial charge in [-0.3, -0.25) is 0 Å². The topological polar surface area (TPSA) is 61.0 Å². The van der Waals surface area contributed by atoms with Crippen molar-refractivity contribution in [2.24, 2.45) is 0 Å². The summed E-state index contributed by atoms with van der Waals surface area (Å²) in [6.45, 7) is -0.152. The Labute approximate surface area is 76.6 Å². The first-order chi connectivity index (χ1) is 6.33. The largest absolute Gasteiger partial charge is 0.335 e. The van der Waals surface area contributed by atoms with Crippen molar-refractivity contribution in [2.75, 3.05) is 18.5 Å². The number of benzene rings is 1. The van der Waals surface area contributed by atoms with Gasteiger partial charge in [0.15, 0.2) is 0 Å². The molecule has 1 rings (SSSR count). The molecule has 0 aromatic heterocycles. The first kappa shape index (κ1) is 9.54. The van der Waals surface area contributed by atoms with Crippen LogP contribution in [0, 0.1) is 0 Å². The quantitative estimate of drug-likeness (QED) is 0.720. The van der Waals surface area contributed by atoms with E-state index in [4.69, 9.17) is 0 Å². The molecular formula is C9H11N2O2. The summed E-state index contributed by atoms with van der Waals surface area (Å²) in [7, 11) is 0. The van der Waals surface area contributed by atoms with Crippen molar-refractivity contribution in [1.29, 1.82) is 0 Å². The number of carbonyl (C=O) groups is 1. The molecule has 1 radical (unpaired) electrons. The SMILES string of the molecule is [O]CCNC(=O)Nc1ccccc1. The van der Waals surface area contributed by atoms with Crippen LogP contribution < -0.4 is 10.6 Å². The monoisotopic (exact) mass is 179 g/mol. The smallest absolute Gasteiger partial charge is 0.319 e. The van der Waals surface area contributed by atoms with Gasteiger partial charge >= 0.3 is 6.03 Å². The fraction of sp³-hybridized carbons (Fsp3) is 0.222. The molecule has 2 N–H and O–H groups in total. The van der Waals surface area contributed by atoms with Gasteiger partial charge in [0.2, 0.25) is 0 Å². The average Bonchev–Trinajstić information content (AvgIpc) is 2.16. The molecule has 0 aliphatic heterocycles. The molecule has 4 nitrogen and oxygen atoms in total. The van der Waals surface area contributed by atoms with E-state index in [1.807, 2.05) is 18.2 Å². The van der Waals surface area contributed by atoms with Gasteiger partial charge in [-0.2, -0.15) is 0 Å². The van der Waals surface area contributed by atoms with E-state index >= 15 is 0 Å². The van der Waals surface area contributed by atoms with Gasteiger partial charge in [0.25, 0.3) is 0 Å². The highest BCUT2D eigenvalue weighted by atomic mass is 16.3. The van der Waals surface area contributed by atoms with E-state index in [0.29, 0.717) is 5.69 Å². The highest BCUT2D eigenvalue weighted by Crippen LogP contribution is 2.03. The Morgan fingerprint density at radius 2 is 1.92 bits per heavy atom. The summed E-state index contributed by atoms with van der Waals surface area (Å²) in [5.41, 5.74) is 0.714. The third-order valence-corrected chi connectivity index (χ3v) is 1.42. The van der Waals surface area contributed by atoms with Gasteiger partial charge in [0, 0.05) is 12.2 Å². The van der Waals surface area contributed by atoms with E-state index in [1.165, 1.54) is 0 Å². The molecule has 13 heavy (non-hydrogen) atoms. The number of urea groups is 1. The second kappa shape index (κ2) is 5.16. The van der Waals surface area contributed by atoms with Gasteiger partial charge in [-0.15, -0.1) is 0 Å².